The number of nitrogens with one attached hydrogen (secondary N) is 2. The van der Waals surface area contributed by atoms with E-state index in [-0.39, 0.29) is 10.9 Å². The quantitative estimate of drug-likeness (QED) is 0.886. The number of hydrogen-bond acceptors (Lipinski definition) is 4. The van der Waals surface area contributed by atoms with Crippen molar-refractivity contribution in [2.75, 3.05) is 12.4 Å². The first-order valence-electron chi connectivity index (χ1n) is 5.38. The molecule has 0 spiro atoms. The molecular formula is C10H14BrN3O2S. The summed E-state index contributed by atoms with van der Waals surface area (Å²) in [5, 5.41) is 2.79. The summed E-state index contributed by atoms with van der Waals surface area (Å²) in [6, 6.07) is 1.63. The van der Waals surface area contributed by atoms with Crippen LogP contribution in [0.5, 0.6) is 0 Å². The Kier molecular flexibility index (Phi) is 3.70. The summed E-state index contributed by atoms with van der Waals surface area (Å²) < 4.78 is 27.6. The zero-order chi connectivity index (χ0) is 12.5. The van der Waals surface area contributed by atoms with E-state index in [2.05, 4.69) is 31.0 Å². The minimum atomic E-state index is -3.49. The van der Waals surface area contributed by atoms with E-state index >= 15 is 0 Å². The largest absolute Gasteiger partial charge is 0.372 e. The number of halogens is 1. The third kappa shape index (κ3) is 2.78. The summed E-state index contributed by atoms with van der Waals surface area (Å²) in [7, 11) is -1.84. The van der Waals surface area contributed by atoms with Crippen molar-refractivity contribution in [3.05, 3.63) is 16.7 Å². The monoisotopic (exact) mass is 319 g/mol. The first kappa shape index (κ1) is 12.8. The fourth-order valence-corrected chi connectivity index (χ4v) is 3.60. The Morgan fingerprint density at radius 2 is 2.18 bits per heavy atom. The van der Waals surface area contributed by atoms with Gasteiger partial charge in [0.05, 0.1) is 0 Å². The van der Waals surface area contributed by atoms with Crippen molar-refractivity contribution < 1.29 is 8.42 Å². The van der Waals surface area contributed by atoms with Crippen molar-refractivity contribution in [1.82, 2.24) is 9.71 Å². The van der Waals surface area contributed by atoms with Crippen LogP contribution in [-0.2, 0) is 10.0 Å². The Balaban J connectivity index is 2.33. The van der Waals surface area contributed by atoms with Crippen LogP contribution in [0.1, 0.15) is 19.3 Å². The van der Waals surface area contributed by atoms with Gasteiger partial charge in [-0.2, -0.15) is 0 Å². The number of hydrogen-bond donors (Lipinski definition) is 2. The predicted molar refractivity (Wildman–Crippen MR) is 69.4 cm³/mol. The lowest BCUT2D eigenvalue weighted by Crippen LogP contribution is -2.39. The Morgan fingerprint density at radius 1 is 1.47 bits per heavy atom. The second-order valence-corrected chi connectivity index (χ2v) is 6.60. The smallest absolute Gasteiger partial charge is 0.244 e. The van der Waals surface area contributed by atoms with Crippen molar-refractivity contribution in [3.63, 3.8) is 0 Å². The summed E-state index contributed by atoms with van der Waals surface area (Å²) in [4.78, 5) is 4.22. The molecular weight excluding hydrogens is 306 g/mol. The molecule has 0 radical (unpaired) electrons. The molecule has 0 aliphatic heterocycles. The minimum absolute atomic E-state index is 0.0729. The second-order valence-electron chi connectivity index (χ2n) is 4.00. The molecule has 0 bridgehead atoms. The highest BCUT2D eigenvalue weighted by atomic mass is 79.9. The molecule has 17 heavy (non-hydrogen) atoms. The van der Waals surface area contributed by atoms with Gasteiger partial charge in [-0.15, -0.1) is 0 Å². The molecule has 1 saturated carbocycles. The second kappa shape index (κ2) is 4.91. The Morgan fingerprint density at radius 3 is 2.71 bits per heavy atom. The van der Waals surface area contributed by atoms with Crippen LogP contribution in [0.4, 0.5) is 5.82 Å². The van der Waals surface area contributed by atoms with Gasteiger partial charge in [0.1, 0.15) is 10.7 Å². The SMILES string of the molecule is CNc1ncc(Br)cc1S(=O)(=O)NC1CCC1. The molecule has 1 aliphatic rings. The van der Waals surface area contributed by atoms with Gasteiger partial charge in [-0.05, 0) is 34.8 Å². The normalized spacial score (nSPS) is 16.6. The topological polar surface area (TPSA) is 71.1 Å². The van der Waals surface area contributed by atoms with Crippen LogP contribution in [0.15, 0.2) is 21.6 Å². The molecule has 0 aromatic carbocycles. The fraction of sp³-hybridized carbons (Fsp3) is 0.500. The van der Waals surface area contributed by atoms with Crippen molar-refractivity contribution in [2.45, 2.75) is 30.2 Å². The van der Waals surface area contributed by atoms with E-state index in [0.29, 0.717) is 10.3 Å². The molecule has 0 atom stereocenters. The maximum Gasteiger partial charge on any atom is 0.244 e. The maximum atomic E-state index is 12.2. The van der Waals surface area contributed by atoms with Gasteiger partial charge in [-0.25, -0.2) is 18.1 Å². The predicted octanol–water partition coefficient (Wildman–Crippen LogP) is 1.72. The molecule has 2 N–H and O–H groups in total. The molecule has 5 nitrogen and oxygen atoms in total. The lowest BCUT2D eigenvalue weighted by atomic mass is 9.94. The first-order valence-corrected chi connectivity index (χ1v) is 7.66. The lowest BCUT2D eigenvalue weighted by molar-refractivity contribution is 0.383. The highest BCUT2D eigenvalue weighted by Gasteiger charge is 2.27. The average molecular weight is 320 g/mol. The van der Waals surface area contributed by atoms with Gasteiger partial charge in [0.25, 0.3) is 0 Å². The van der Waals surface area contributed by atoms with Crippen molar-refractivity contribution in [3.8, 4) is 0 Å². The summed E-state index contributed by atoms with van der Waals surface area (Å²) in [5.74, 6) is 0.361. The molecule has 0 unspecified atom stereocenters. The van der Waals surface area contributed by atoms with E-state index in [1.54, 1.807) is 19.3 Å². The van der Waals surface area contributed by atoms with Gasteiger partial charge in [0, 0.05) is 23.8 Å². The molecule has 0 saturated heterocycles. The third-order valence-corrected chi connectivity index (χ3v) is 4.74. The zero-order valence-electron chi connectivity index (χ0n) is 9.40. The van der Waals surface area contributed by atoms with E-state index in [0.717, 1.165) is 19.3 Å². The summed E-state index contributed by atoms with van der Waals surface area (Å²) in [5.41, 5.74) is 0. The summed E-state index contributed by atoms with van der Waals surface area (Å²) in [6.07, 6.45) is 4.47. The highest BCUT2D eigenvalue weighted by molar-refractivity contribution is 9.10. The van der Waals surface area contributed by atoms with E-state index in [1.807, 2.05) is 0 Å². The van der Waals surface area contributed by atoms with Crippen LogP contribution in [0, 0.1) is 0 Å². The molecule has 0 amide bonds. The standard InChI is InChI=1S/C10H14BrN3O2S/c1-12-10-9(5-7(11)6-13-10)17(15,16)14-8-3-2-4-8/h5-6,8,14H,2-4H2,1H3,(H,12,13). The van der Waals surface area contributed by atoms with Crippen molar-refractivity contribution in [2.24, 2.45) is 0 Å². The Bertz CT molecular complexity index is 514. The van der Waals surface area contributed by atoms with Gasteiger partial charge >= 0.3 is 0 Å². The number of nitrogens with zero attached hydrogens (tertiary/aromatic N) is 1. The molecule has 1 aromatic heterocycles. The molecule has 7 heteroatoms. The van der Waals surface area contributed by atoms with Gasteiger partial charge in [0.2, 0.25) is 10.0 Å². The molecule has 1 aliphatic carbocycles. The third-order valence-electron chi connectivity index (χ3n) is 2.77. The summed E-state index contributed by atoms with van der Waals surface area (Å²) in [6.45, 7) is 0. The lowest BCUT2D eigenvalue weighted by Gasteiger charge is -2.26. The molecule has 1 aromatic rings. The van der Waals surface area contributed by atoms with E-state index in [1.165, 1.54) is 0 Å². The fourth-order valence-electron chi connectivity index (χ4n) is 1.62. The van der Waals surface area contributed by atoms with Crippen LogP contribution >= 0.6 is 15.9 Å². The number of anilines is 1. The van der Waals surface area contributed by atoms with E-state index in [9.17, 15) is 8.42 Å². The van der Waals surface area contributed by atoms with Crippen molar-refractivity contribution in [1.29, 1.82) is 0 Å². The number of sulfonamides is 1. The molecule has 1 fully saturated rings. The Labute approximate surface area is 109 Å². The minimum Gasteiger partial charge on any atom is -0.372 e. The van der Waals surface area contributed by atoms with E-state index in [4.69, 9.17) is 0 Å². The van der Waals surface area contributed by atoms with Gasteiger partial charge in [-0.1, -0.05) is 6.42 Å². The van der Waals surface area contributed by atoms with E-state index < -0.39 is 10.0 Å². The molecule has 94 valence electrons. The zero-order valence-corrected chi connectivity index (χ0v) is 11.8. The van der Waals surface area contributed by atoms with Gasteiger partial charge in [0.15, 0.2) is 0 Å². The van der Waals surface area contributed by atoms with Gasteiger partial charge in [-0.3, -0.25) is 0 Å². The van der Waals surface area contributed by atoms with Crippen LogP contribution in [0.25, 0.3) is 0 Å². The number of rotatable bonds is 4. The number of pyridine rings is 1. The Hall–Kier alpha value is -0.660. The number of aromatic nitrogens is 1. The van der Waals surface area contributed by atoms with Crippen LogP contribution in [-0.4, -0.2) is 26.5 Å². The average Bonchev–Trinajstić information content (AvgIpc) is 2.24. The molecule has 2 rings (SSSR count). The summed E-state index contributed by atoms with van der Waals surface area (Å²) >= 11 is 3.23. The van der Waals surface area contributed by atoms with Crippen LogP contribution in [0.2, 0.25) is 0 Å². The maximum absolute atomic E-state index is 12.2. The van der Waals surface area contributed by atoms with Crippen LogP contribution < -0.4 is 10.0 Å². The molecule has 1 heterocycles. The van der Waals surface area contributed by atoms with Gasteiger partial charge < -0.3 is 5.32 Å². The highest BCUT2D eigenvalue weighted by Crippen LogP contribution is 2.25. The first-order chi connectivity index (χ1) is 8.03. The van der Waals surface area contributed by atoms with Crippen molar-refractivity contribution >= 4 is 31.8 Å². The van der Waals surface area contributed by atoms with Crippen LogP contribution in [0.3, 0.4) is 0 Å².